The van der Waals surface area contributed by atoms with Crippen LogP contribution in [0.15, 0.2) is 16.9 Å². The van der Waals surface area contributed by atoms with Crippen molar-refractivity contribution in [1.29, 1.82) is 5.26 Å². The number of methoxy groups -OCH3 is 1. The maximum absolute atomic E-state index is 12.1. The number of halogens is 1. The van der Waals surface area contributed by atoms with Crippen molar-refractivity contribution in [3.05, 3.63) is 38.6 Å². The first-order valence-electron chi connectivity index (χ1n) is 5.34. The second kappa shape index (κ2) is 4.71. The van der Waals surface area contributed by atoms with Crippen molar-refractivity contribution in [3.63, 3.8) is 0 Å². The number of nitrogens with one attached hydrogen (secondary N) is 1. The molecule has 0 bridgehead atoms. The average Bonchev–Trinajstić information content (AvgIpc) is 2.33. The van der Waals surface area contributed by atoms with Crippen LogP contribution in [0.3, 0.4) is 0 Å². The average molecular weight is 263 g/mol. The van der Waals surface area contributed by atoms with Crippen LogP contribution in [0, 0.1) is 18.3 Å². The number of hydrogen-bond donors (Lipinski definition) is 1. The molecule has 0 unspecified atom stereocenters. The molecule has 0 atom stereocenters. The van der Waals surface area contributed by atoms with Gasteiger partial charge >= 0.3 is 0 Å². The van der Waals surface area contributed by atoms with Crippen LogP contribution in [0.4, 0.5) is 0 Å². The summed E-state index contributed by atoms with van der Waals surface area (Å²) in [4.78, 5) is 15.1. The third-order valence-electron chi connectivity index (χ3n) is 2.81. The second-order valence-electron chi connectivity index (χ2n) is 3.93. The van der Waals surface area contributed by atoms with Gasteiger partial charge in [0.05, 0.1) is 30.5 Å². The molecule has 0 saturated carbocycles. The molecule has 92 valence electrons. The van der Waals surface area contributed by atoms with Gasteiger partial charge in [-0.25, -0.2) is 0 Å². The molecule has 1 N–H and O–H groups in total. The summed E-state index contributed by atoms with van der Waals surface area (Å²) in [5, 5.41) is 9.67. The molecule has 0 aliphatic rings. The number of pyridine rings is 1. The Morgan fingerprint density at radius 1 is 1.50 bits per heavy atom. The summed E-state index contributed by atoms with van der Waals surface area (Å²) in [5.41, 5.74) is 1.69. The van der Waals surface area contributed by atoms with Crippen LogP contribution in [0.5, 0.6) is 5.75 Å². The standard InChI is InChI=1S/C13H11ClN2O2/c1-7-9(14)6-11(18-2)13-12(7)10(17)5-8(16-13)3-4-15/h5-6H,3H2,1-2H3,(H,16,17). The van der Waals surface area contributed by atoms with E-state index in [0.717, 1.165) is 0 Å². The van der Waals surface area contributed by atoms with E-state index in [-0.39, 0.29) is 11.8 Å². The Morgan fingerprint density at radius 2 is 2.22 bits per heavy atom. The Labute approximate surface area is 109 Å². The molecular formula is C13H11ClN2O2. The summed E-state index contributed by atoms with van der Waals surface area (Å²) >= 11 is 6.06. The Balaban J connectivity index is 2.91. The molecule has 1 heterocycles. The van der Waals surface area contributed by atoms with E-state index in [1.54, 1.807) is 13.0 Å². The van der Waals surface area contributed by atoms with E-state index in [2.05, 4.69) is 4.98 Å². The molecule has 0 aliphatic carbocycles. The number of aryl methyl sites for hydroxylation is 1. The minimum atomic E-state index is -0.160. The number of benzene rings is 1. The highest BCUT2D eigenvalue weighted by atomic mass is 35.5. The molecule has 0 aliphatic heterocycles. The summed E-state index contributed by atoms with van der Waals surface area (Å²) in [6.45, 7) is 1.78. The molecule has 2 aromatic rings. The molecule has 5 heteroatoms. The lowest BCUT2D eigenvalue weighted by Gasteiger charge is -2.10. The molecule has 18 heavy (non-hydrogen) atoms. The van der Waals surface area contributed by atoms with Crippen LogP contribution < -0.4 is 10.2 Å². The van der Waals surface area contributed by atoms with E-state index in [4.69, 9.17) is 21.6 Å². The van der Waals surface area contributed by atoms with E-state index in [1.807, 2.05) is 6.07 Å². The molecule has 4 nitrogen and oxygen atoms in total. The Hall–Kier alpha value is -1.99. The Bertz CT molecular complexity index is 713. The molecule has 0 amide bonds. The van der Waals surface area contributed by atoms with Gasteiger partial charge in [0.1, 0.15) is 5.75 Å². The zero-order valence-electron chi connectivity index (χ0n) is 10.0. The minimum Gasteiger partial charge on any atom is -0.494 e. The van der Waals surface area contributed by atoms with Gasteiger partial charge in [-0.1, -0.05) is 11.6 Å². The van der Waals surface area contributed by atoms with E-state index in [1.165, 1.54) is 13.2 Å². The van der Waals surface area contributed by atoms with Gasteiger partial charge in [-0.2, -0.15) is 5.26 Å². The smallest absolute Gasteiger partial charge is 0.190 e. The number of hydrogen-bond acceptors (Lipinski definition) is 3. The topological polar surface area (TPSA) is 65.9 Å². The summed E-state index contributed by atoms with van der Waals surface area (Å²) in [6, 6.07) is 5.09. The Morgan fingerprint density at radius 3 is 2.83 bits per heavy atom. The first-order chi connectivity index (χ1) is 8.58. The normalized spacial score (nSPS) is 10.3. The van der Waals surface area contributed by atoms with Crippen molar-refractivity contribution in [2.24, 2.45) is 0 Å². The second-order valence-corrected chi connectivity index (χ2v) is 4.34. The molecular weight excluding hydrogens is 252 g/mol. The lowest BCUT2D eigenvalue weighted by Crippen LogP contribution is -2.08. The molecule has 1 aromatic heterocycles. The number of aromatic amines is 1. The molecule has 0 saturated heterocycles. The molecule has 0 fully saturated rings. The minimum absolute atomic E-state index is 0.149. The summed E-state index contributed by atoms with van der Waals surface area (Å²) in [5.74, 6) is 0.498. The molecule has 0 radical (unpaired) electrons. The van der Waals surface area contributed by atoms with Crippen molar-refractivity contribution < 1.29 is 4.74 Å². The van der Waals surface area contributed by atoms with Crippen LogP contribution >= 0.6 is 11.6 Å². The van der Waals surface area contributed by atoms with Crippen LogP contribution in [0.1, 0.15) is 11.3 Å². The monoisotopic (exact) mass is 262 g/mol. The lowest BCUT2D eigenvalue weighted by molar-refractivity contribution is 0.418. The maximum Gasteiger partial charge on any atom is 0.190 e. The van der Waals surface area contributed by atoms with Crippen molar-refractivity contribution in [2.75, 3.05) is 7.11 Å². The zero-order valence-corrected chi connectivity index (χ0v) is 10.8. The van der Waals surface area contributed by atoms with Crippen molar-refractivity contribution >= 4 is 22.5 Å². The van der Waals surface area contributed by atoms with Gasteiger partial charge in [0.15, 0.2) is 5.43 Å². The van der Waals surface area contributed by atoms with Crippen LogP contribution in [-0.4, -0.2) is 12.1 Å². The molecule has 2 rings (SSSR count). The number of nitrogens with zero attached hydrogens (tertiary/aromatic N) is 1. The van der Waals surface area contributed by atoms with Gasteiger partial charge in [0.2, 0.25) is 0 Å². The highest BCUT2D eigenvalue weighted by Gasteiger charge is 2.13. The van der Waals surface area contributed by atoms with Gasteiger partial charge in [-0.15, -0.1) is 0 Å². The first kappa shape index (κ1) is 12.5. The molecule has 1 aromatic carbocycles. The largest absolute Gasteiger partial charge is 0.494 e. The summed E-state index contributed by atoms with van der Waals surface area (Å²) < 4.78 is 5.21. The van der Waals surface area contributed by atoms with Gasteiger partial charge in [0, 0.05) is 22.8 Å². The fourth-order valence-corrected chi connectivity index (χ4v) is 2.12. The number of H-pyrrole nitrogens is 1. The number of rotatable bonds is 2. The van der Waals surface area contributed by atoms with E-state index in [9.17, 15) is 4.79 Å². The number of aromatic nitrogens is 1. The van der Waals surface area contributed by atoms with Gasteiger partial charge < -0.3 is 9.72 Å². The van der Waals surface area contributed by atoms with Crippen molar-refractivity contribution in [3.8, 4) is 11.8 Å². The predicted molar refractivity (Wildman–Crippen MR) is 70.2 cm³/mol. The number of ether oxygens (including phenoxy) is 1. The lowest BCUT2D eigenvalue weighted by atomic mass is 10.1. The number of nitriles is 1. The fourth-order valence-electron chi connectivity index (χ4n) is 1.93. The fraction of sp³-hybridized carbons (Fsp3) is 0.231. The van der Waals surface area contributed by atoms with Gasteiger partial charge in [-0.3, -0.25) is 4.79 Å². The highest BCUT2D eigenvalue weighted by Crippen LogP contribution is 2.30. The van der Waals surface area contributed by atoms with E-state index in [0.29, 0.717) is 32.9 Å². The van der Waals surface area contributed by atoms with E-state index < -0.39 is 0 Å². The zero-order chi connectivity index (χ0) is 13.3. The summed E-state index contributed by atoms with van der Waals surface area (Å²) in [6.07, 6.45) is 0.149. The van der Waals surface area contributed by atoms with Gasteiger partial charge in [-0.05, 0) is 12.5 Å². The van der Waals surface area contributed by atoms with Crippen LogP contribution in [-0.2, 0) is 6.42 Å². The SMILES string of the molecule is COc1cc(Cl)c(C)c2c(=O)cc(CC#N)[nH]c12. The number of fused-ring (bicyclic) bond motifs is 1. The predicted octanol–water partition coefficient (Wildman–Crippen LogP) is 2.56. The van der Waals surface area contributed by atoms with Crippen molar-refractivity contribution in [2.45, 2.75) is 13.3 Å². The van der Waals surface area contributed by atoms with Crippen LogP contribution in [0.2, 0.25) is 5.02 Å². The third-order valence-corrected chi connectivity index (χ3v) is 3.21. The van der Waals surface area contributed by atoms with E-state index >= 15 is 0 Å². The maximum atomic E-state index is 12.1. The molecule has 0 spiro atoms. The Kier molecular flexibility index (Phi) is 3.26. The summed E-state index contributed by atoms with van der Waals surface area (Å²) in [7, 11) is 1.51. The van der Waals surface area contributed by atoms with Gasteiger partial charge in [0.25, 0.3) is 0 Å². The van der Waals surface area contributed by atoms with Crippen molar-refractivity contribution in [1.82, 2.24) is 4.98 Å². The highest BCUT2D eigenvalue weighted by molar-refractivity contribution is 6.32. The quantitative estimate of drug-likeness (QED) is 0.905. The third kappa shape index (κ3) is 1.93. The van der Waals surface area contributed by atoms with Crippen LogP contribution in [0.25, 0.3) is 10.9 Å². The first-order valence-corrected chi connectivity index (χ1v) is 5.72.